The van der Waals surface area contributed by atoms with E-state index in [4.69, 9.17) is 11.2 Å². The molecule has 0 aliphatic heterocycles. The molecule has 0 radical (unpaired) electrons. The third kappa shape index (κ3) is 22.0. The topological polar surface area (TPSA) is 29.5 Å². The molecule has 2 heteroatoms. The van der Waals surface area contributed by atoms with Crippen molar-refractivity contribution in [2.24, 2.45) is 5.41 Å². The first-order valence-electron chi connectivity index (χ1n) is 17.0. The van der Waals surface area contributed by atoms with Gasteiger partial charge < -0.3 is 9.84 Å². The zero-order valence-corrected chi connectivity index (χ0v) is 25.1. The minimum absolute atomic E-state index is 0.0335. The molecule has 3 aliphatic rings. The lowest BCUT2D eigenvalue weighted by Gasteiger charge is -2.32. The summed E-state index contributed by atoms with van der Waals surface area (Å²) in [4.78, 5) is 0. The predicted octanol–water partition coefficient (Wildman–Crippen LogP) is 10.9. The summed E-state index contributed by atoms with van der Waals surface area (Å²) in [7, 11) is 0. The van der Waals surface area contributed by atoms with Crippen LogP contribution >= 0.6 is 0 Å². The van der Waals surface area contributed by atoms with E-state index in [1.54, 1.807) is 0 Å². The third-order valence-corrected chi connectivity index (χ3v) is 8.84. The first kappa shape index (κ1) is 34.5. The fraction of sp³-hybridized carbons (Fsp3) is 0.943. The van der Waals surface area contributed by atoms with E-state index in [9.17, 15) is 5.11 Å². The molecule has 0 aromatic rings. The van der Waals surface area contributed by atoms with Gasteiger partial charge in [-0.15, -0.1) is 6.42 Å². The van der Waals surface area contributed by atoms with Gasteiger partial charge in [-0.2, -0.15) is 0 Å². The molecule has 3 rings (SSSR count). The Kier molecular flexibility index (Phi) is 25.2. The van der Waals surface area contributed by atoms with Gasteiger partial charge >= 0.3 is 0 Å². The van der Waals surface area contributed by atoms with Crippen LogP contribution in [0.5, 0.6) is 0 Å². The lowest BCUT2D eigenvalue weighted by molar-refractivity contribution is 0.00245. The fourth-order valence-corrected chi connectivity index (χ4v) is 6.22. The van der Waals surface area contributed by atoms with Crippen LogP contribution in [0.15, 0.2) is 0 Å². The van der Waals surface area contributed by atoms with Gasteiger partial charge in [0.25, 0.3) is 0 Å². The summed E-state index contributed by atoms with van der Waals surface area (Å²) in [6, 6.07) is 0. The van der Waals surface area contributed by atoms with Crippen LogP contribution in [0.1, 0.15) is 186 Å². The maximum Gasteiger partial charge on any atom is 0.107 e. The molecule has 0 spiro atoms. The van der Waals surface area contributed by atoms with Crippen molar-refractivity contribution >= 4 is 0 Å². The van der Waals surface area contributed by atoms with Crippen molar-refractivity contribution in [3.05, 3.63) is 0 Å². The van der Waals surface area contributed by atoms with Crippen LogP contribution in [-0.2, 0) is 4.74 Å². The van der Waals surface area contributed by atoms with Gasteiger partial charge in [-0.25, -0.2) is 0 Å². The molecule has 0 unspecified atom stereocenters. The Hall–Kier alpha value is -0.520. The number of rotatable bonds is 4. The highest BCUT2D eigenvalue weighted by Gasteiger charge is 2.29. The maximum absolute atomic E-state index is 9.69. The largest absolute Gasteiger partial charge is 0.396 e. The average molecular weight is 519 g/mol. The Morgan fingerprint density at radius 3 is 0.919 bits per heavy atom. The summed E-state index contributed by atoms with van der Waals surface area (Å²) in [5.74, 6) is 2.50. The summed E-state index contributed by atoms with van der Waals surface area (Å²) >= 11 is 0. The molecule has 1 N–H and O–H groups in total. The molecule has 0 amide bonds. The standard InChI is InChI=1S/C15H26O2.2C10H20/c1-2-12-17-14-15(13-16)10-8-6-4-3-5-7-9-11-15;2*1-2-4-6-8-10-9-7-5-3-1/h1,16H,3-14H2;2*1-10H2. The minimum atomic E-state index is -0.0335. The summed E-state index contributed by atoms with van der Waals surface area (Å²) in [6.07, 6.45) is 46.4. The Morgan fingerprint density at radius 2 is 0.703 bits per heavy atom. The Morgan fingerprint density at radius 1 is 0.459 bits per heavy atom. The molecule has 0 atom stereocenters. The van der Waals surface area contributed by atoms with Gasteiger partial charge in [0.15, 0.2) is 0 Å². The zero-order chi connectivity index (χ0) is 26.5. The molecule has 3 fully saturated rings. The Balaban J connectivity index is 0.000000294. The first-order valence-corrected chi connectivity index (χ1v) is 17.0. The van der Waals surface area contributed by atoms with Crippen LogP contribution in [0.4, 0.5) is 0 Å². The summed E-state index contributed by atoms with van der Waals surface area (Å²) < 4.78 is 5.49. The predicted molar refractivity (Wildman–Crippen MR) is 163 cm³/mol. The number of aliphatic hydroxyl groups excluding tert-OH is 1. The van der Waals surface area contributed by atoms with Crippen LogP contribution < -0.4 is 0 Å². The van der Waals surface area contributed by atoms with Crippen molar-refractivity contribution in [3.8, 4) is 12.3 Å². The highest BCUT2D eigenvalue weighted by molar-refractivity contribution is 4.85. The number of aliphatic hydroxyl groups is 1. The zero-order valence-electron chi connectivity index (χ0n) is 25.1. The molecular weight excluding hydrogens is 452 g/mol. The van der Waals surface area contributed by atoms with Crippen molar-refractivity contribution in [2.75, 3.05) is 19.8 Å². The van der Waals surface area contributed by atoms with Crippen molar-refractivity contribution in [1.82, 2.24) is 0 Å². The molecule has 37 heavy (non-hydrogen) atoms. The highest BCUT2D eigenvalue weighted by Crippen LogP contribution is 2.33. The van der Waals surface area contributed by atoms with Crippen molar-refractivity contribution in [3.63, 3.8) is 0 Å². The Bertz CT molecular complexity index is 398. The lowest BCUT2D eigenvalue weighted by atomic mass is 9.78. The van der Waals surface area contributed by atoms with E-state index < -0.39 is 0 Å². The van der Waals surface area contributed by atoms with Crippen molar-refractivity contribution in [2.45, 2.75) is 186 Å². The smallest absolute Gasteiger partial charge is 0.107 e. The number of hydrogen-bond acceptors (Lipinski definition) is 2. The second-order valence-corrected chi connectivity index (χ2v) is 12.4. The monoisotopic (exact) mass is 519 g/mol. The average Bonchev–Trinajstić information content (AvgIpc) is 2.95. The number of hydrogen-bond donors (Lipinski definition) is 1. The van der Waals surface area contributed by atoms with Gasteiger partial charge in [-0.1, -0.05) is 179 Å². The van der Waals surface area contributed by atoms with Crippen LogP contribution in [0.25, 0.3) is 0 Å². The highest BCUT2D eigenvalue weighted by atomic mass is 16.5. The number of terminal acetylenes is 1. The first-order chi connectivity index (χ1) is 18.3. The van der Waals surface area contributed by atoms with Crippen LogP contribution in [0.3, 0.4) is 0 Å². The lowest BCUT2D eigenvalue weighted by Crippen LogP contribution is -2.31. The second kappa shape index (κ2) is 27.1. The summed E-state index contributed by atoms with van der Waals surface area (Å²) in [5.41, 5.74) is -0.0335. The minimum Gasteiger partial charge on any atom is -0.396 e. The maximum atomic E-state index is 9.69. The molecule has 2 nitrogen and oxygen atoms in total. The van der Waals surface area contributed by atoms with Crippen molar-refractivity contribution < 1.29 is 9.84 Å². The molecule has 0 aromatic carbocycles. The quantitative estimate of drug-likeness (QED) is 0.296. The van der Waals surface area contributed by atoms with Crippen molar-refractivity contribution in [1.29, 1.82) is 0 Å². The molecule has 0 aromatic heterocycles. The second-order valence-electron chi connectivity index (χ2n) is 12.4. The van der Waals surface area contributed by atoms with Gasteiger partial charge in [0.2, 0.25) is 0 Å². The van der Waals surface area contributed by atoms with Gasteiger partial charge in [0.05, 0.1) is 13.2 Å². The van der Waals surface area contributed by atoms with E-state index in [0.29, 0.717) is 13.2 Å². The van der Waals surface area contributed by atoms with E-state index >= 15 is 0 Å². The Labute approximate surface area is 233 Å². The molecule has 3 saturated carbocycles. The van der Waals surface area contributed by atoms with E-state index in [0.717, 1.165) is 12.8 Å². The normalized spacial score (nSPS) is 22.9. The van der Waals surface area contributed by atoms with Gasteiger partial charge in [-0.05, 0) is 12.8 Å². The third-order valence-electron chi connectivity index (χ3n) is 8.84. The van der Waals surface area contributed by atoms with Gasteiger partial charge in [-0.3, -0.25) is 0 Å². The molecule has 0 bridgehead atoms. The molecular formula is C35H66O2. The van der Waals surface area contributed by atoms with Gasteiger partial charge in [0.1, 0.15) is 6.61 Å². The van der Waals surface area contributed by atoms with E-state index in [-0.39, 0.29) is 12.0 Å². The van der Waals surface area contributed by atoms with E-state index in [1.807, 2.05) is 0 Å². The van der Waals surface area contributed by atoms with Crippen LogP contribution in [0, 0.1) is 17.8 Å². The number of ether oxygens (including phenoxy) is 1. The SMILES string of the molecule is C#CCOCC1(CO)CCCCCCCCC1.C1CCCCCCCCC1.C1CCCCCCCCC1. The van der Waals surface area contributed by atoms with Crippen LogP contribution in [0.2, 0.25) is 0 Å². The van der Waals surface area contributed by atoms with Gasteiger partial charge in [0, 0.05) is 5.41 Å². The summed E-state index contributed by atoms with van der Waals surface area (Å²) in [5, 5.41) is 9.69. The molecule has 0 saturated heterocycles. The van der Waals surface area contributed by atoms with E-state index in [2.05, 4.69) is 5.92 Å². The summed E-state index contributed by atoms with van der Waals surface area (Å²) in [6.45, 7) is 1.22. The molecule has 218 valence electrons. The van der Waals surface area contributed by atoms with Crippen LogP contribution in [-0.4, -0.2) is 24.9 Å². The molecule has 3 aliphatic carbocycles. The fourth-order valence-electron chi connectivity index (χ4n) is 6.22. The molecule has 0 heterocycles. The van der Waals surface area contributed by atoms with E-state index in [1.165, 1.54) is 173 Å².